The third-order valence-electron chi connectivity index (χ3n) is 4.20. The number of urea groups is 1. The first-order chi connectivity index (χ1) is 10.2. The molecule has 0 aromatic heterocycles. The van der Waals surface area contributed by atoms with Crippen LogP contribution in [0.3, 0.4) is 0 Å². The van der Waals surface area contributed by atoms with Crippen molar-refractivity contribution in [2.75, 3.05) is 6.61 Å². The molecule has 0 aliphatic heterocycles. The van der Waals surface area contributed by atoms with E-state index in [9.17, 15) is 4.79 Å². The molecule has 1 aromatic rings. The Kier molecular flexibility index (Phi) is 6.05. The van der Waals surface area contributed by atoms with Crippen molar-refractivity contribution in [3.63, 3.8) is 0 Å². The van der Waals surface area contributed by atoms with Gasteiger partial charge in [0.2, 0.25) is 0 Å². The summed E-state index contributed by atoms with van der Waals surface area (Å²) in [5, 5.41) is 14.8. The molecule has 0 bridgehead atoms. The van der Waals surface area contributed by atoms with Crippen molar-refractivity contribution in [1.82, 2.24) is 10.6 Å². The molecule has 4 heteroatoms. The zero-order valence-corrected chi connectivity index (χ0v) is 12.7. The van der Waals surface area contributed by atoms with Crippen LogP contribution in [0.1, 0.15) is 50.6 Å². The first-order valence-electron chi connectivity index (χ1n) is 7.92. The van der Waals surface area contributed by atoms with Crippen molar-refractivity contribution in [1.29, 1.82) is 0 Å². The lowest BCUT2D eigenvalue weighted by atomic mass is 9.93. The van der Waals surface area contributed by atoms with Crippen molar-refractivity contribution >= 4 is 6.03 Å². The lowest BCUT2D eigenvalue weighted by Gasteiger charge is -2.23. The van der Waals surface area contributed by atoms with Gasteiger partial charge in [0.15, 0.2) is 0 Å². The summed E-state index contributed by atoms with van der Waals surface area (Å²) in [6.07, 6.45) is 6.13. The average molecular weight is 290 g/mol. The van der Waals surface area contributed by atoms with Crippen LogP contribution in [0.2, 0.25) is 0 Å². The number of aliphatic hydroxyl groups is 1. The molecule has 1 aliphatic rings. The first-order valence-corrected chi connectivity index (χ1v) is 7.92. The summed E-state index contributed by atoms with van der Waals surface area (Å²) in [4.78, 5) is 12.0. The maximum atomic E-state index is 12.0. The summed E-state index contributed by atoms with van der Waals surface area (Å²) in [5.74, 6) is 0.700. The third kappa shape index (κ3) is 5.05. The van der Waals surface area contributed by atoms with Gasteiger partial charge in [-0.15, -0.1) is 0 Å². The second-order valence-electron chi connectivity index (χ2n) is 6.05. The molecule has 1 saturated carbocycles. The Balaban J connectivity index is 1.99. The van der Waals surface area contributed by atoms with E-state index in [1.54, 1.807) is 6.92 Å². The highest BCUT2D eigenvalue weighted by Crippen LogP contribution is 2.32. The number of hydrogen-bond acceptors (Lipinski definition) is 2. The summed E-state index contributed by atoms with van der Waals surface area (Å²) >= 11 is 0. The van der Waals surface area contributed by atoms with Crippen molar-refractivity contribution in [3.05, 3.63) is 35.9 Å². The minimum Gasteiger partial charge on any atom is -0.394 e. The SMILES string of the molecule is C[C@@H](CO)NC(=O)NC(CC1CCCC1)c1ccccc1. The molecule has 1 aliphatic carbocycles. The molecule has 2 amide bonds. The zero-order valence-electron chi connectivity index (χ0n) is 12.7. The molecule has 0 spiro atoms. The number of nitrogens with one attached hydrogen (secondary N) is 2. The second kappa shape index (κ2) is 8.03. The fraction of sp³-hybridized carbons (Fsp3) is 0.588. The Labute approximate surface area is 126 Å². The molecule has 2 rings (SSSR count). The van der Waals surface area contributed by atoms with Crippen molar-refractivity contribution in [2.24, 2.45) is 5.92 Å². The second-order valence-corrected chi connectivity index (χ2v) is 6.05. The largest absolute Gasteiger partial charge is 0.394 e. The van der Waals surface area contributed by atoms with Gasteiger partial charge in [0.05, 0.1) is 18.7 Å². The summed E-state index contributed by atoms with van der Waals surface area (Å²) in [7, 11) is 0. The van der Waals surface area contributed by atoms with E-state index in [-0.39, 0.29) is 24.7 Å². The predicted molar refractivity (Wildman–Crippen MR) is 84.0 cm³/mol. The van der Waals surface area contributed by atoms with Crippen LogP contribution in [0.4, 0.5) is 4.79 Å². The van der Waals surface area contributed by atoms with E-state index < -0.39 is 0 Å². The van der Waals surface area contributed by atoms with Gasteiger partial charge in [-0.25, -0.2) is 4.79 Å². The number of rotatable bonds is 6. The van der Waals surface area contributed by atoms with Crippen LogP contribution in [-0.2, 0) is 0 Å². The summed E-state index contributed by atoms with van der Waals surface area (Å²) in [6.45, 7) is 1.74. The van der Waals surface area contributed by atoms with Gasteiger partial charge in [0.1, 0.15) is 0 Å². The van der Waals surface area contributed by atoms with Crippen LogP contribution in [0, 0.1) is 5.92 Å². The molecule has 1 fully saturated rings. The lowest BCUT2D eigenvalue weighted by molar-refractivity contribution is 0.215. The molecule has 0 radical (unpaired) electrons. The third-order valence-corrected chi connectivity index (χ3v) is 4.20. The maximum Gasteiger partial charge on any atom is 0.315 e. The van der Waals surface area contributed by atoms with E-state index >= 15 is 0 Å². The van der Waals surface area contributed by atoms with Crippen LogP contribution in [0.5, 0.6) is 0 Å². The van der Waals surface area contributed by atoms with E-state index in [0.717, 1.165) is 12.0 Å². The van der Waals surface area contributed by atoms with Gasteiger partial charge in [0, 0.05) is 0 Å². The minimum atomic E-state index is -0.229. The molecule has 4 nitrogen and oxygen atoms in total. The molecule has 0 saturated heterocycles. The summed E-state index contributed by atoms with van der Waals surface area (Å²) in [6, 6.07) is 9.74. The maximum absolute atomic E-state index is 12.0. The zero-order chi connectivity index (χ0) is 15.1. The Hall–Kier alpha value is -1.55. The number of carbonyl (C=O) groups is 1. The Morgan fingerprint density at radius 3 is 2.52 bits per heavy atom. The van der Waals surface area contributed by atoms with Crippen LogP contribution in [-0.4, -0.2) is 23.8 Å². The number of aliphatic hydroxyl groups excluding tert-OH is 1. The average Bonchev–Trinajstić information content (AvgIpc) is 3.00. The topological polar surface area (TPSA) is 61.4 Å². The number of hydrogen-bond donors (Lipinski definition) is 3. The molecular weight excluding hydrogens is 264 g/mol. The molecule has 116 valence electrons. The van der Waals surface area contributed by atoms with E-state index in [0.29, 0.717) is 5.92 Å². The fourth-order valence-electron chi connectivity index (χ4n) is 3.01. The van der Waals surface area contributed by atoms with Gasteiger partial charge < -0.3 is 15.7 Å². The van der Waals surface area contributed by atoms with Gasteiger partial charge >= 0.3 is 6.03 Å². The van der Waals surface area contributed by atoms with Crippen molar-refractivity contribution in [3.8, 4) is 0 Å². The van der Waals surface area contributed by atoms with Crippen LogP contribution in [0.25, 0.3) is 0 Å². The Morgan fingerprint density at radius 1 is 1.24 bits per heavy atom. The first kappa shape index (κ1) is 15.8. The van der Waals surface area contributed by atoms with Crippen molar-refractivity contribution in [2.45, 2.75) is 51.1 Å². The molecule has 1 aromatic carbocycles. The Morgan fingerprint density at radius 2 is 1.90 bits per heavy atom. The fourth-order valence-corrected chi connectivity index (χ4v) is 3.01. The highest BCUT2D eigenvalue weighted by molar-refractivity contribution is 5.74. The monoisotopic (exact) mass is 290 g/mol. The van der Waals surface area contributed by atoms with Crippen molar-refractivity contribution < 1.29 is 9.90 Å². The van der Waals surface area contributed by atoms with Gasteiger partial charge in [-0.05, 0) is 24.8 Å². The number of amides is 2. The van der Waals surface area contributed by atoms with E-state index in [2.05, 4.69) is 22.8 Å². The summed E-state index contributed by atoms with van der Waals surface area (Å²) < 4.78 is 0. The predicted octanol–water partition coefficient (Wildman–Crippen LogP) is 2.99. The molecule has 21 heavy (non-hydrogen) atoms. The van der Waals surface area contributed by atoms with Gasteiger partial charge in [0.25, 0.3) is 0 Å². The summed E-state index contributed by atoms with van der Waals surface area (Å²) in [5.41, 5.74) is 1.15. The quantitative estimate of drug-likeness (QED) is 0.754. The molecule has 1 unspecified atom stereocenters. The van der Waals surface area contributed by atoms with Gasteiger partial charge in [-0.1, -0.05) is 56.0 Å². The number of carbonyl (C=O) groups excluding carboxylic acids is 1. The molecule has 2 atom stereocenters. The van der Waals surface area contributed by atoms with Crippen LogP contribution >= 0.6 is 0 Å². The normalized spacial score (nSPS) is 18.2. The molecular formula is C17H26N2O2. The van der Waals surface area contributed by atoms with E-state index in [4.69, 9.17) is 5.11 Å². The van der Waals surface area contributed by atoms with Gasteiger partial charge in [-0.2, -0.15) is 0 Å². The van der Waals surface area contributed by atoms with Gasteiger partial charge in [-0.3, -0.25) is 0 Å². The van der Waals surface area contributed by atoms with E-state index in [1.165, 1.54) is 25.7 Å². The highest BCUT2D eigenvalue weighted by Gasteiger charge is 2.22. The Bertz CT molecular complexity index is 430. The molecule has 0 heterocycles. The smallest absolute Gasteiger partial charge is 0.315 e. The molecule has 3 N–H and O–H groups in total. The number of benzene rings is 1. The van der Waals surface area contributed by atoms with E-state index in [1.807, 2.05) is 18.2 Å². The van der Waals surface area contributed by atoms with Crippen LogP contribution in [0.15, 0.2) is 30.3 Å². The van der Waals surface area contributed by atoms with Crippen LogP contribution < -0.4 is 10.6 Å². The lowest BCUT2D eigenvalue weighted by Crippen LogP contribution is -2.44. The highest BCUT2D eigenvalue weighted by atomic mass is 16.3. The minimum absolute atomic E-state index is 0.0418. The standard InChI is InChI=1S/C17H26N2O2/c1-13(12-20)18-17(21)19-16(11-14-7-5-6-8-14)15-9-3-2-4-10-15/h2-4,9-10,13-14,16,20H,5-8,11-12H2,1H3,(H2,18,19,21)/t13-,16?/m0/s1.